The summed E-state index contributed by atoms with van der Waals surface area (Å²) >= 11 is 5.84. The van der Waals surface area contributed by atoms with Gasteiger partial charge in [-0.15, -0.1) is 0 Å². The van der Waals surface area contributed by atoms with Crippen molar-refractivity contribution >= 4 is 23.3 Å². The van der Waals surface area contributed by atoms with Crippen LogP contribution in [0.2, 0.25) is 0 Å². The van der Waals surface area contributed by atoms with Crippen molar-refractivity contribution in [3.05, 3.63) is 82.9 Å². The Morgan fingerprint density at radius 3 is 2.80 bits per heavy atom. The van der Waals surface area contributed by atoms with Gasteiger partial charge in [0.05, 0.1) is 36.6 Å². The summed E-state index contributed by atoms with van der Waals surface area (Å²) in [6.07, 6.45) is 4.11. The van der Waals surface area contributed by atoms with Crippen LogP contribution in [0.15, 0.2) is 54.7 Å². The zero-order valence-electron chi connectivity index (χ0n) is 20.2. The highest BCUT2D eigenvalue weighted by atomic mass is 32.1. The summed E-state index contributed by atoms with van der Waals surface area (Å²) in [5.74, 6) is -0.349. The molecule has 2 aromatic heterocycles. The van der Waals surface area contributed by atoms with Crippen molar-refractivity contribution in [1.82, 2.24) is 19.8 Å². The average molecular weight is 491 g/mol. The minimum atomic E-state index is -0.349. The zero-order valence-corrected chi connectivity index (χ0v) is 21.0. The Labute approximate surface area is 211 Å². The van der Waals surface area contributed by atoms with Crippen LogP contribution in [0.5, 0.6) is 0 Å². The lowest BCUT2D eigenvalue weighted by molar-refractivity contribution is 0.0600. The number of pyridine rings is 1. The molecule has 0 radical (unpaired) electrons. The van der Waals surface area contributed by atoms with Gasteiger partial charge in [-0.05, 0) is 80.9 Å². The van der Waals surface area contributed by atoms with Crippen LogP contribution in [0, 0.1) is 13.8 Å². The van der Waals surface area contributed by atoms with Gasteiger partial charge in [0.1, 0.15) is 0 Å². The summed E-state index contributed by atoms with van der Waals surface area (Å²) in [6.45, 7) is 5.75. The van der Waals surface area contributed by atoms with Gasteiger partial charge in [-0.1, -0.05) is 12.1 Å². The number of aromatic nitrogens is 2. The van der Waals surface area contributed by atoms with Crippen molar-refractivity contribution < 1.29 is 14.3 Å². The summed E-state index contributed by atoms with van der Waals surface area (Å²) in [7, 11) is 1.40. The zero-order chi connectivity index (χ0) is 24.5. The fourth-order valence-corrected chi connectivity index (χ4v) is 5.64. The Morgan fingerprint density at radius 2 is 2.09 bits per heavy atom. The fourth-order valence-electron chi connectivity index (χ4n) is 5.32. The first kappa shape index (κ1) is 23.5. The molecule has 5 rings (SSSR count). The number of rotatable bonds is 6. The molecule has 0 unspecified atom stereocenters. The fraction of sp³-hybridized carbons (Fsp3) is 0.370. The average Bonchev–Trinajstić information content (AvgIpc) is 3.58. The summed E-state index contributed by atoms with van der Waals surface area (Å²) in [6, 6.07) is 15.6. The van der Waals surface area contributed by atoms with Crippen LogP contribution in [0.3, 0.4) is 0 Å². The molecule has 0 saturated carbocycles. The van der Waals surface area contributed by atoms with Gasteiger partial charge < -0.3 is 24.3 Å². The molecule has 4 heterocycles. The first-order valence-electron chi connectivity index (χ1n) is 11.9. The summed E-state index contributed by atoms with van der Waals surface area (Å²) in [4.78, 5) is 19.1. The molecule has 8 heteroatoms. The van der Waals surface area contributed by atoms with E-state index in [1.807, 2.05) is 42.6 Å². The smallest absolute Gasteiger partial charge is 0.337 e. The first-order chi connectivity index (χ1) is 17.0. The second kappa shape index (κ2) is 9.79. The highest BCUT2D eigenvalue weighted by Crippen LogP contribution is 2.42. The number of nitrogens with zero attached hydrogens (tertiary/aromatic N) is 3. The van der Waals surface area contributed by atoms with Crippen molar-refractivity contribution in [2.24, 2.45) is 0 Å². The lowest BCUT2D eigenvalue weighted by atomic mass is 9.96. The molecule has 3 atom stereocenters. The minimum absolute atomic E-state index is 0.0367. The van der Waals surface area contributed by atoms with E-state index in [1.165, 1.54) is 12.7 Å². The predicted molar refractivity (Wildman–Crippen MR) is 138 cm³/mol. The lowest BCUT2D eigenvalue weighted by Crippen LogP contribution is -2.36. The Kier molecular flexibility index (Phi) is 6.58. The third-order valence-corrected chi connectivity index (χ3v) is 7.29. The molecule has 2 fully saturated rings. The molecule has 0 aliphatic carbocycles. The summed E-state index contributed by atoms with van der Waals surface area (Å²) < 4.78 is 13.1. The summed E-state index contributed by atoms with van der Waals surface area (Å²) in [5, 5.41) is 4.26. The molecule has 0 spiro atoms. The van der Waals surface area contributed by atoms with Crippen LogP contribution in [0.1, 0.15) is 57.9 Å². The van der Waals surface area contributed by atoms with Gasteiger partial charge in [0.25, 0.3) is 0 Å². The monoisotopic (exact) mass is 490 g/mol. The van der Waals surface area contributed by atoms with E-state index >= 15 is 0 Å². The Bertz CT molecular complexity index is 1240. The highest BCUT2D eigenvalue weighted by molar-refractivity contribution is 7.80. The molecule has 7 nitrogen and oxygen atoms in total. The molecule has 0 amide bonds. The number of aryl methyl sites for hydroxylation is 1. The molecule has 2 aliphatic rings. The van der Waals surface area contributed by atoms with Crippen molar-refractivity contribution in [2.45, 2.75) is 44.9 Å². The Morgan fingerprint density at radius 1 is 1.23 bits per heavy atom. The maximum absolute atomic E-state index is 12.1. The van der Waals surface area contributed by atoms with Gasteiger partial charge in [-0.3, -0.25) is 4.98 Å². The third kappa shape index (κ3) is 4.44. The molecule has 1 N–H and O–H groups in total. The Hall–Kier alpha value is -3.23. The van der Waals surface area contributed by atoms with E-state index in [1.54, 1.807) is 6.07 Å². The lowest BCUT2D eigenvalue weighted by Gasteiger charge is -2.30. The largest absolute Gasteiger partial charge is 0.465 e. The molecule has 3 aromatic rings. The molecule has 2 aliphatic heterocycles. The number of benzene rings is 1. The van der Waals surface area contributed by atoms with Crippen LogP contribution in [0.25, 0.3) is 5.69 Å². The maximum atomic E-state index is 12.1. The van der Waals surface area contributed by atoms with Crippen LogP contribution in [0.4, 0.5) is 0 Å². The minimum Gasteiger partial charge on any atom is -0.465 e. The molecular formula is C27H30N4O3S. The topological polar surface area (TPSA) is 68.6 Å². The van der Waals surface area contributed by atoms with E-state index < -0.39 is 0 Å². The number of hydrogen-bond acceptors (Lipinski definition) is 5. The second-order valence-corrected chi connectivity index (χ2v) is 9.50. The normalized spacial score (nSPS) is 21.9. The second-order valence-electron chi connectivity index (χ2n) is 9.12. The first-order valence-corrected chi connectivity index (χ1v) is 12.4. The molecule has 182 valence electrons. The van der Waals surface area contributed by atoms with Crippen LogP contribution in [-0.2, 0) is 9.47 Å². The van der Waals surface area contributed by atoms with E-state index in [0.717, 1.165) is 53.9 Å². The Balaban J connectivity index is 1.58. The van der Waals surface area contributed by atoms with Crippen molar-refractivity contribution in [2.75, 3.05) is 20.3 Å². The molecular weight excluding hydrogens is 460 g/mol. The van der Waals surface area contributed by atoms with Gasteiger partial charge in [0, 0.05) is 36.4 Å². The molecule has 35 heavy (non-hydrogen) atoms. The van der Waals surface area contributed by atoms with Crippen LogP contribution in [-0.4, -0.2) is 51.9 Å². The SMILES string of the molecule is COC(=O)c1cccc(-n2c(C)cc([C@H]3[C@@H](c4ccccn4)NC(=S)N3C[C@@H]3CCCO3)c2C)c1. The van der Waals surface area contributed by atoms with Gasteiger partial charge in [0.15, 0.2) is 5.11 Å². The molecule has 0 bridgehead atoms. The molecule has 2 saturated heterocycles. The number of nitrogens with one attached hydrogen (secondary N) is 1. The number of methoxy groups -OCH3 is 1. The van der Waals surface area contributed by atoms with Crippen molar-refractivity contribution in [3.63, 3.8) is 0 Å². The number of carbonyl (C=O) groups is 1. The van der Waals surface area contributed by atoms with Gasteiger partial charge in [0.2, 0.25) is 0 Å². The number of hydrogen-bond donors (Lipinski definition) is 1. The number of esters is 1. The highest BCUT2D eigenvalue weighted by Gasteiger charge is 2.42. The van der Waals surface area contributed by atoms with E-state index in [4.69, 9.17) is 21.7 Å². The van der Waals surface area contributed by atoms with Crippen molar-refractivity contribution in [1.29, 1.82) is 0 Å². The van der Waals surface area contributed by atoms with Crippen LogP contribution < -0.4 is 5.32 Å². The number of thiocarbonyl (C=S) groups is 1. The van der Waals surface area contributed by atoms with E-state index in [2.05, 4.69) is 39.7 Å². The van der Waals surface area contributed by atoms with Gasteiger partial charge >= 0.3 is 5.97 Å². The molecule has 1 aromatic carbocycles. The third-order valence-electron chi connectivity index (χ3n) is 6.94. The van der Waals surface area contributed by atoms with E-state index in [9.17, 15) is 4.79 Å². The van der Waals surface area contributed by atoms with E-state index in [0.29, 0.717) is 5.56 Å². The standard InChI is InChI=1S/C27H30N4O3S/c1-17-14-22(18(2)31(17)20-9-6-8-19(15-20)26(32)33-3)25-24(23-11-4-5-12-28-23)29-27(35)30(25)16-21-10-7-13-34-21/h4-6,8-9,11-12,14-15,21,24-25H,7,10,13,16H2,1-3H3,(H,29,35)/t21-,24+,25-/m0/s1. The van der Waals surface area contributed by atoms with E-state index in [-0.39, 0.29) is 24.2 Å². The summed E-state index contributed by atoms with van der Waals surface area (Å²) in [5.41, 5.74) is 5.74. The van der Waals surface area contributed by atoms with Gasteiger partial charge in [-0.2, -0.15) is 0 Å². The quantitative estimate of drug-likeness (QED) is 0.405. The number of ether oxygens (including phenoxy) is 2. The number of carbonyl (C=O) groups excluding carboxylic acids is 1. The van der Waals surface area contributed by atoms with Gasteiger partial charge in [-0.25, -0.2) is 4.79 Å². The predicted octanol–water partition coefficient (Wildman–Crippen LogP) is 4.43. The maximum Gasteiger partial charge on any atom is 0.337 e. The van der Waals surface area contributed by atoms with Crippen molar-refractivity contribution in [3.8, 4) is 5.69 Å². The van der Waals surface area contributed by atoms with Crippen LogP contribution >= 0.6 is 12.2 Å².